The van der Waals surface area contributed by atoms with Crippen LogP contribution >= 0.6 is 23.8 Å². The van der Waals surface area contributed by atoms with Crippen LogP contribution in [0.15, 0.2) is 47.1 Å². The Kier molecular flexibility index (Phi) is 5.45. The van der Waals surface area contributed by atoms with Gasteiger partial charge < -0.3 is 14.6 Å². The Bertz CT molecular complexity index is 763. The van der Waals surface area contributed by atoms with Gasteiger partial charge in [-0.3, -0.25) is 4.79 Å². The zero-order valence-electron chi connectivity index (χ0n) is 14.1. The number of benzene rings is 1. The van der Waals surface area contributed by atoms with Crippen LogP contribution in [-0.4, -0.2) is 22.8 Å². The Morgan fingerprint density at radius 3 is 2.80 bits per heavy atom. The van der Waals surface area contributed by atoms with Gasteiger partial charge in [-0.2, -0.15) is 0 Å². The Balaban J connectivity index is 1.90. The summed E-state index contributed by atoms with van der Waals surface area (Å²) in [5, 5.41) is 4.29. The largest absolute Gasteiger partial charge is 0.467 e. The molecule has 0 unspecified atom stereocenters. The topological polar surface area (TPSA) is 45.5 Å². The van der Waals surface area contributed by atoms with Crippen LogP contribution in [0, 0.1) is 0 Å². The van der Waals surface area contributed by atoms with Crippen LogP contribution in [-0.2, 0) is 16.9 Å². The average molecular weight is 377 g/mol. The molecule has 0 aliphatic heterocycles. The molecule has 0 bridgehead atoms. The van der Waals surface area contributed by atoms with Crippen molar-refractivity contribution < 1.29 is 9.21 Å². The molecule has 0 radical (unpaired) electrons. The predicted octanol–water partition coefficient (Wildman–Crippen LogP) is 4.28. The highest BCUT2D eigenvalue weighted by Crippen LogP contribution is 2.42. The summed E-state index contributed by atoms with van der Waals surface area (Å²) in [6, 6.07) is 11.3. The number of ketones is 1. The van der Waals surface area contributed by atoms with E-state index in [1.54, 1.807) is 6.26 Å². The molecule has 1 heterocycles. The van der Waals surface area contributed by atoms with E-state index >= 15 is 0 Å². The maximum atomic E-state index is 13.0. The Labute approximate surface area is 158 Å². The van der Waals surface area contributed by atoms with Crippen LogP contribution in [0.25, 0.3) is 0 Å². The zero-order chi connectivity index (χ0) is 17.9. The number of halogens is 1. The lowest BCUT2D eigenvalue weighted by Gasteiger charge is -2.45. The molecule has 1 aromatic carbocycles. The smallest absolute Gasteiger partial charge is 0.170 e. The van der Waals surface area contributed by atoms with Gasteiger partial charge in [0.05, 0.1) is 12.8 Å². The van der Waals surface area contributed by atoms with Gasteiger partial charge in [0.1, 0.15) is 11.3 Å². The summed E-state index contributed by atoms with van der Waals surface area (Å²) >= 11 is 12.0. The number of rotatable bonds is 4. The van der Waals surface area contributed by atoms with E-state index in [4.69, 9.17) is 28.2 Å². The molecule has 1 atom stereocenters. The normalized spacial score (nSPS) is 20.3. The third-order valence-corrected chi connectivity index (χ3v) is 5.59. The average Bonchev–Trinajstić information content (AvgIpc) is 3.14. The Morgan fingerprint density at radius 2 is 2.12 bits per heavy atom. The van der Waals surface area contributed by atoms with E-state index in [-0.39, 0.29) is 5.78 Å². The minimum atomic E-state index is -0.816. The second-order valence-electron chi connectivity index (χ2n) is 6.27. The van der Waals surface area contributed by atoms with Gasteiger partial charge in [0, 0.05) is 24.1 Å². The number of carbonyl (C=O) groups is 1. The number of Topliss-reactive ketones (excluding diaryl/α,β-unsaturated/α-hetero) is 1. The number of furan rings is 1. The monoisotopic (exact) mass is 376 g/mol. The lowest BCUT2D eigenvalue weighted by Crippen LogP contribution is -2.56. The fraction of sp³-hybridized carbons (Fsp3) is 0.368. The second kappa shape index (κ2) is 7.58. The van der Waals surface area contributed by atoms with E-state index < -0.39 is 5.54 Å². The number of thiocarbonyl (C=S) groups is 1. The highest BCUT2D eigenvalue weighted by molar-refractivity contribution is 7.80. The lowest BCUT2D eigenvalue weighted by molar-refractivity contribution is -0.131. The molecule has 1 aliphatic carbocycles. The summed E-state index contributed by atoms with van der Waals surface area (Å²) in [5.74, 6) is 0.953. The van der Waals surface area contributed by atoms with Crippen molar-refractivity contribution in [3.05, 3.63) is 59.0 Å². The van der Waals surface area contributed by atoms with Gasteiger partial charge in [-0.1, -0.05) is 29.8 Å². The van der Waals surface area contributed by atoms with Gasteiger partial charge in [-0.25, -0.2) is 0 Å². The summed E-state index contributed by atoms with van der Waals surface area (Å²) in [4.78, 5) is 14.9. The number of hydrogen-bond donors (Lipinski definition) is 1. The van der Waals surface area contributed by atoms with Gasteiger partial charge in [0.2, 0.25) is 0 Å². The van der Waals surface area contributed by atoms with E-state index in [1.807, 2.05) is 48.3 Å². The highest BCUT2D eigenvalue weighted by atomic mass is 35.5. The highest BCUT2D eigenvalue weighted by Gasteiger charge is 2.47. The summed E-state index contributed by atoms with van der Waals surface area (Å²) in [7, 11) is 1.87. The van der Waals surface area contributed by atoms with Crippen molar-refractivity contribution in [1.29, 1.82) is 0 Å². The SMILES string of the molecule is CN(C(=S)NCc1ccco1)[C@]1(c2ccccc2Cl)CCCCC1=O. The summed E-state index contributed by atoms with van der Waals surface area (Å²) in [6.07, 6.45) is 4.73. The van der Waals surface area contributed by atoms with E-state index in [0.717, 1.165) is 24.2 Å². The molecule has 0 saturated heterocycles. The Hall–Kier alpha value is -1.85. The molecule has 0 spiro atoms. The van der Waals surface area contributed by atoms with E-state index in [1.165, 1.54) is 0 Å². The first-order chi connectivity index (χ1) is 12.1. The first kappa shape index (κ1) is 18.0. The lowest BCUT2D eigenvalue weighted by atomic mass is 9.74. The second-order valence-corrected chi connectivity index (χ2v) is 7.06. The van der Waals surface area contributed by atoms with Crippen LogP contribution in [0.2, 0.25) is 5.02 Å². The van der Waals surface area contributed by atoms with E-state index in [2.05, 4.69) is 5.32 Å². The van der Waals surface area contributed by atoms with Crippen molar-refractivity contribution in [2.75, 3.05) is 7.05 Å². The minimum Gasteiger partial charge on any atom is -0.467 e. The molecular weight excluding hydrogens is 356 g/mol. The van der Waals surface area contributed by atoms with Crippen LogP contribution in [0.5, 0.6) is 0 Å². The predicted molar refractivity (Wildman–Crippen MR) is 103 cm³/mol. The molecule has 1 N–H and O–H groups in total. The molecule has 6 heteroatoms. The fourth-order valence-corrected chi connectivity index (χ4v) is 4.02. The van der Waals surface area contributed by atoms with Crippen molar-refractivity contribution >= 4 is 34.7 Å². The zero-order valence-corrected chi connectivity index (χ0v) is 15.7. The number of carbonyl (C=O) groups excluding carboxylic acids is 1. The van der Waals surface area contributed by atoms with Gasteiger partial charge in [-0.05, 0) is 49.7 Å². The van der Waals surface area contributed by atoms with Gasteiger partial charge in [0.25, 0.3) is 0 Å². The maximum Gasteiger partial charge on any atom is 0.170 e. The molecular formula is C19H21ClN2O2S. The molecule has 4 nitrogen and oxygen atoms in total. The van der Waals surface area contributed by atoms with Gasteiger partial charge in [0.15, 0.2) is 10.9 Å². The Morgan fingerprint density at radius 1 is 1.32 bits per heavy atom. The van der Waals surface area contributed by atoms with E-state index in [0.29, 0.717) is 29.5 Å². The third-order valence-electron chi connectivity index (χ3n) is 4.84. The molecule has 1 aromatic heterocycles. The molecule has 132 valence electrons. The molecule has 1 fully saturated rings. The van der Waals surface area contributed by atoms with E-state index in [9.17, 15) is 4.79 Å². The minimum absolute atomic E-state index is 0.163. The standard InChI is InChI=1S/C19H21ClN2O2S/c1-22(18(25)21-13-14-7-6-12-24-14)19(11-5-4-10-17(19)23)15-8-2-3-9-16(15)20/h2-3,6-9,12H,4-5,10-11,13H2,1H3,(H,21,25)/t19-/m0/s1. The van der Waals surface area contributed by atoms with Gasteiger partial charge in [-0.15, -0.1) is 0 Å². The van der Waals surface area contributed by atoms with Crippen molar-refractivity contribution in [3.8, 4) is 0 Å². The van der Waals surface area contributed by atoms with Gasteiger partial charge >= 0.3 is 0 Å². The molecule has 25 heavy (non-hydrogen) atoms. The van der Waals surface area contributed by atoms with Crippen LogP contribution in [0.4, 0.5) is 0 Å². The number of nitrogens with one attached hydrogen (secondary N) is 1. The molecule has 3 rings (SSSR count). The molecule has 1 aliphatic rings. The summed E-state index contributed by atoms with van der Waals surface area (Å²) < 4.78 is 5.33. The fourth-order valence-electron chi connectivity index (χ4n) is 3.50. The number of likely N-dealkylation sites (N-methyl/N-ethyl adjacent to an activating group) is 1. The van der Waals surface area contributed by atoms with Crippen molar-refractivity contribution in [2.45, 2.75) is 37.8 Å². The van der Waals surface area contributed by atoms with Crippen molar-refractivity contribution in [3.63, 3.8) is 0 Å². The first-order valence-corrected chi connectivity index (χ1v) is 9.16. The molecule has 1 saturated carbocycles. The molecule has 0 amide bonds. The molecule has 2 aromatic rings. The summed E-state index contributed by atoms with van der Waals surface area (Å²) in [5.41, 5.74) is 0.00938. The number of nitrogens with zero attached hydrogens (tertiary/aromatic N) is 1. The maximum absolute atomic E-state index is 13.0. The van der Waals surface area contributed by atoms with Crippen molar-refractivity contribution in [1.82, 2.24) is 10.2 Å². The number of hydrogen-bond acceptors (Lipinski definition) is 3. The quantitative estimate of drug-likeness (QED) is 0.807. The van der Waals surface area contributed by atoms with Crippen LogP contribution < -0.4 is 5.32 Å². The van der Waals surface area contributed by atoms with Crippen molar-refractivity contribution in [2.24, 2.45) is 0 Å². The summed E-state index contributed by atoms with van der Waals surface area (Å²) in [6.45, 7) is 0.475. The third kappa shape index (κ3) is 3.44. The van der Waals surface area contributed by atoms with Crippen LogP contribution in [0.1, 0.15) is 37.0 Å². The first-order valence-electron chi connectivity index (χ1n) is 8.38. The van der Waals surface area contributed by atoms with Crippen LogP contribution in [0.3, 0.4) is 0 Å².